The number of aromatic nitrogens is 3. The van der Waals surface area contributed by atoms with Gasteiger partial charge in [0.1, 0.15) is 5.75 Å². The maximum absolute atomic E-state index is 9.68. The molecule has 0 aliphatic heterocycles. The van der Waals surface area contributed by atoms with Gasteiger partial charge in [0.05, 0.1) is 17.1 Å². The van der Waals surface area contributed by atoms with Gasteiger partial charge in [0.15, 0.2) is 5.65 Å². The third kappa shape index (κ3) is 3.92. The summed E-state index contributed by atoms with van der Waals surface area (Å²) in [7, 11) is 0. The predicted octanol–water partition coefficient (Wildman–Crippen LogP) is 5.59. The van der Waals surface area contributed by atoms with Crippen LogP contribution in [0, 0.1) is 6.92 Å². The van der Waals surface area contributed by atoms with Crippen LogP contribution in [-0.2, 0) is 12.8 Å². The molecule has 0 fully saturated rings. The summed E-state index contributed by atoms with van der Waals surface area (Å²) in [5.74, 6) is 0.248. The summed E-state index contributed by atoms with van der Waals surface area (Å²) >= 11 is 0. The van der Waals surface area contributed by atoms with Crippen LogP contribution in [0.3, 0.4) is 0 Å². The van der Waals surface area contributed by atoms with E-state index < -0.39 is 0 Å². The lowest BCUT2D eigenvalue weighted by Gasteiger charge is -2.09. The number of imidazole rings is 1. The fraction of sp³-hybridized carbons (Fsp3) is 0.111. The van der Waals surface area contributed by atoms with Crippen LogP contribution in [0.5, 0.6) is 5.75 Å². The Morgan fingerprint density at radius 2 is 1.29 bits per heavy atom. The van der Waals surface area contributed by atoms with Gasteiger partial charge in [-0.3, -0.25) is 0 Å². The van der Waals surface area contributed by atoms with Gasteiger partial charge in [-0.1, -0.05) is 60.7 Å². The molecule has 5 aromatic rings. The minimum atomic E-state index is 0.248. The number of rotatable bonds is 5. The molecule has 0 saturated carbocycles. The molecule has 2 aromatic heterocycles. The minimum Gasteiger partial charge on any atom is -0.508 e. The Hall–Kier alpha value is -3.92. The van der Waals surface area contributed by atoms with Crippen molar-refractivity contribution in [2.75, 3.05) is 0 Å². The van der Waals surface area contributed by atoms with Crippen molar-refractivity contribution < 1.29 is 5.11 Å². The first kappa shape index (κ1) is 19.1. The summed E-state index contributed by atoms with van der Waals surface area (Å²) in [5.41, 5.74) is 8.29. The van der Waals surface area contributed by atoms with Gasteiger partial charge < -0.3 is 9.51 Å². The van der Waals surface area contributed by atoms with Crippen molar-refractivity contribution in [2.45, 2.75) is 19.8 Å². The van der Waals surface area contributed by atoms with Gasteiger partial charge in [-0.15, -0.1) is 0 Å². The van der Waals surface area contributed by atoms with Gasteiger partial charge in [0, 0.05) is 30.3 Å². The van der Waals surface area contributed by atoms with Crippen molar-refractivity contribution in [3.63, 3.8) is 0 Å². The molecule has 3 aromatic carbocycles. The number of aryl methyl sites for hydroxylation is 1. The molecule has 0 unspecified atom stereocenters. The Bertz CT molecular complexity index is 1320. The Morgan fingerprint density at radius 3 is 1.90 bits per heavy atom. The van der Waals surface area contributed by atoms with Gasteiger partial charge in [-0.05, 0) is 42.3 Å². The molecule has 0 amide bonds. The zero-order valence-electron chi connectivity index (χ0n) is 17.4. The monoisotopic (exact) mass is 405 g/mol. The van der Waals surface area contributed by atoms with Crippen molar-refractivity contribution in [3.05, 3.63) is 119 Å². The van der Waals surface area contributed by atoms with E-state index in [4.69, 9.17) is 9.97 Å². The molecule has 2 heterocycles. The maximum Gasteiger partial charge on any atom is 0.159 e. The van der Waals surface area contributed by atoms with E-state index in [0.29, 0.717) is 6.42 Å². The molecule has 0 saturated heterocycles. The zero-order valence-corrected chi connectivity index (χ0v) is 17.4. The van der Waals surface area contributed by atoms with E-state index in [1.807, 2.05) is 42.6 Å². The van der Waals surface area contributed by atoms with Crippen molar-refractivity contribution >= 4 is 5.65 Å². The third-order valence-electron chi connectivity index (χ3n) is 5.60. The van der Waals surface area contributed by atoms with E-state index in [1.165, 1.54) is 11.1 Å². The number of benzene rings is 3. The molecule has 0 aliphatic rings. The number of aromatic hydroxyl groups is 1. The number of nitrogens with zero attached hydrogens (tertiary/aromatic N) is 3. The quantitative estimate of drug-likeness (QED) is 0.415. The zero-order chi connectivity index (χ0) is 21.2. The lowest BCUT2D eigenvalue weighted by Crippen LogP contribution is -2.01. The molecule has 0 bridgehead atoms. The van der Waals surface area contributed by atoms with E-state index in [2.05, 4.69) is 47.7 Å². The molecular weight excluding hydrogens is 382 g/mol. The van der Waals surface area contributed by atoms with E-state index in [1.54, 1.807) is 12.1 Å². The van der Waals surface area contributed by atoms with Gasteiger partial charge in [0.2, 0.25) is 0 Å². The molecule has 31 heavy (non-hydrogen) atoms. The van der Waals surface area contributed by atoms with Crippen LogP contribution < -0.4 is 0 Å². The minimum absolute atomic E-state index is 0.248. The molecule has 0 radical (unpaired) electrons. The average Bonchev–Trinajstić information content (AvgIpc) is 3.11. The highest BCUT2D eigenvalue weighted by Gasteiger charge is 2.16. The SMILES string of the molecule is Cc1c(Cc2ccccc2)nc2c(Cc3ccccc3)nc(-c3ccc(O)cc3)cn12. The predicted molar refractivity (Wildman–Crippen MR) is 123 cm³/mol. The molecule has 152 valence electrons. The smallest absolute Gasteiger partial charge is 0.159 e. The lowest BCUT2D eigenvalue weighted by atomic mass is 10.1. The first-order valence-electron chi connectivity index (χ1n) is 10.4. The van der Waals surface area contributed by atoms with Gasteiger partial charge in [0.25, 0.3) is 0 Å². The fourth-order valence-electron chi connectivity index (χ4n) is 3.90. The molecular formula is C27H23N3O. The van der Waals surface area contributed by atoms with Crippen LogP contribution in [0.1, 0.15) is 28.2 Å². The van der Waals surface area contributed by atoms with Crippen LogP contribution in [0.15, 0.2) is 91.1 Å². The normalized spacial score (nSPS) is 11.1. The first-order valence-corrected chi connectivity index (χ1v) is 10.4. The molecule has 5 rings (SSSR count). The highest BCUT2D eigenvalue weighted by atomic mass is 16.3. The maximum atomic E-state index is 9.68. The summed E-state index contributed by atoms with van der Waals surface area (Å²) in [4.78, 5) is 10.0. The van der Waals surface area contributed by atoms with Crippen LogP contribution in [-0.4, -0.2) is 19.5 Å². The Labute approximate surface area is 181 Å². The highest BCUT2D eigenvalue weighted by molar-refractivity contribution is 5.63. The van der Waals surface area contributed by atoms with Crippen LogP contribution in [0.25, 0.3) is 16.9 Å². The second-order valence-corrected chi connectivity index (χ2v) is 7.78. The lowest BCUT2D eigenvalue weighted by molar-refractivity contribution is 0.475. The van der Waals surface area contributed by atoms with E-state index >= 15 is 0 Å². The van der Waals surface area contributed by atoms with Crippen LogP contribution in [0.2, 0.25) is 0 Å². The summed E-state index contributed by atoms with van der Waals surface area (Å²) in [6, 6.07) is 28.0. The second-order valence-electron chi connectivity index (χ2n) is 7.78. The summed E-state index contributed by atoms with van der Waals surface area (Å²) in [5, 5.41) is 9.68. The van der Waals surface area contributed by atoms with Crippen molar-refractivity contribution in [3.8, 4) is 17.0 Å². The fourth-order valence-corrected chi connectivity index (χ4v) is 3.90. The first-order chi connectivity index (χ1) is 15.2. The largest absolute Gasteiger partial charge is 0.508 e. The highest BCUT2D eigenvalue weighted by Crippen LogP contribution is 2.26. The number of phenols is 1. The molecule has 4 nitrogen and oxygen atoms in total. The molecule has 4 heteroatoms. The standard InChI is InChI=1S/C27H23N3O/c1-19-24(16-20-8-4-2-5-9-20)29-27-25(17-21-10-6-3-7-11-21)28-26(18-30(19)27)22-12-14-23(31)15-13-22/h2-15,18,31H,16-17H2,1H3. The van der Waals surface area contributed by atoms with Gasteiger partial charge >= 0.3 is 0 Å². The van der Waals surface area contributed by atoms with Crippen molar-refractivity contribution in [2.24, 2.45) is 0 Å². The Balaban J connectivity index is 1.65. The van der Waals surface area contributed by atoms with Crippen LogP contribution >= 0.6 is 0 Å². The summed E-state index contributed by atoms with van der Waals surface area (Å²) < 4.78 is 2.16. The van der Waals surface area contributed by atoms with Crippen LogP contribution in [0.4, 0.5) is 0 Å². The molecule has 0 atom stereocenters. The summed E-state index contributed by atoms with van der Waals surface area (Å²) in [6.07, 6.45) is 3.54. The molecule has 0 spiro atoms. The second kappa shape index (κ2) is 8.07. The Kier molecular flexibility index (Phi) is 4.97. The third-order valence-corrected chi connectivity index (χ3v) is 5.60. The number of hydrogen-bond acceptors (Lipinski definition) is 3. The van der Waals surface area contributed by atoms with E-state index in [0.717, 1.165) is 40.4 Å². The van der Waals surface area contributed by atoms with Gasteiger partial charge in [-0.2, -0.15) is 0 Å². The topological polar surface area (TPSA) is 50.4 Å². The van der Waals surface area contributed by atoms with E-state index in [-0.39, 0.29) is 5.75 Å². The molecule has 1 N–H and O–H groups in total. The summed E-state index contributed by atoms with van der Waals surface area (Å²) in [6.45, 7) is 2.12. The number of phenolic OH excluding ortho intramolecular Hbond substituents is 1. The molecule has 0 aliphatic carbocycles. The Morgan fingerprint density at radius 1 is 0.710 bits per heavy atom. The van der Waals surface area contributed by atoms with E-state index in [9.17, 15) is 5.11 Å². The van der Waals surface area contributed by atoms with Gasteiger partial charge in [-0.25, -0.2) is 9.97 Å². The number of fused-ring (bicyclic) bond motifs is 1. The average molecular weight is 406 g/mol. The number of hydrogen-bond donors (Lipinski definition) is 1. The van der Waals surface area contributed by atoms with Crippen molar-refractivity contribution in [1.29, 1.82) is 0 Å². The van der Waals surface area contributed by atoms with Crippen molar-refractivity contribution in [1.82, 2.24) is 14.4 Å².